The Balaban J connectivity index is 3.14. The van der Waals surface area contributed by atoms with Gasteiger partial charge in [0.2, 0.25) is 0 Å². The van der Waals surface area contributed by atoms with Crippen molar-refractivity contribution in [1.29, 1.82) is 0 Å². The van der Waals surface area contributed by atoms with Gasteiger partial charge in [-0.15, -0.1) is 13.2 Å². The second kappa shape index (κ2) is 4.07. The van der Waals surface area contributed by atoms with Crippen molar-refractivity contribution in [2.75, 3.05) is 0 Å². The molecule has 0 aromatic heterocycles. The van der Waals surface area contributed by atoms with Crippen molar-refractivity contribution >= 4 is 12.6 Å². The summed E-state index contributed by atoms with van der Waals surface area (Å²) in [5, 5.41) is 17.3. The number of hydrogen-bond acceptors (Lipinski definition) is 3. The number of rotatable bonds is 2. The van der Waals surface area contributed by atoms with Crippen molar-refractivity contribution in [1.82, 2.24) is 0 Å². The average Bonchev–Trinajstić information content (AvgIpc) is 2.05. The standard InChI is InChI=1S/C7H5BF4O3/c9-5-3-1-2-4(8(13)14)6(5)15-7(10,11)12/h1-3,13-14H. The topological polar surface area (TPSA) is 49.7 Å². The molecule has 15 heavy (non-hydrogen) atoms. The van der Waals surface area contributed by atoms with Gasteiger partial charge in [0, 0.05) is 5.46 Å². The normalized spacial score (nSPS) is 11.3. The number of halogens is 4. The molecule has 2 N–H and O–H groups in total. The van der Waals surface area contributed by atoms with Crippen molar-refractivity contribution < 1.29 is 32.3 Å². The molecule has 0 bridgehead atoms. The van der Waals surface area contributed by atoms with E-state index in [9.17, 15) is 17.6 Å². The quantitative estimate of drug-likeness (QED) is 0.564. The van der Waals surface area contributed by atoms with Crippen molar-refractivity contribution in [2.45, 2.75) is 6.36 Å². The van der Waals surface area contributed by atoms with Crippen LogP contribution in [-0.2, 0) is 0 Å². The van der Waals surface area contributed by atoms with Crippen LogP contribution in [-0.4, -0.2) is 23.5 Å². The highest BCUT2D eigenvalue weighted by atomic mass is 19.4. The van der Waals surface area contributed by atoms with E-state index in [0.29, 0.717) is 6.07 Å². The second-order valence-electron chi connectivity index (χ2n) is 2.58. The van der Waals surface area contributed by atoms with Gasteiger partial charge in [-0.25, -0.2) is 4.39 Å². The third-order valence-electron chi connectivity index (χ3n) is 1.49. The van der Waals surface area contributed by atoms with Crippen LogP contribution in [0.3, 0.4) is 0 Å². The summed E-state index contributed by atoms with van der Waals surface area (Å²) in [6.45, 7) is 0. The fourth-order valence-electron chi connectivity index (χ4n) is 0.952. The first-order valence-corrected chi connectivity index (χ1v) is 3.71. The number of para-hydroxylation sites is 1. The molecule has 8 heteroatoms. The van der Waals surface area contributed by atoms with E-state index >= 15 is 0 Å². The Morgan fingerprint density at radius 3 is 2.27 bits per heavy atom. The molecule has 0 atom stereocenters. The van der Waals surface area contributed by atoms with Crippen LogP contribution < -0.4 is 10.2 Å². The van der Waals surface area contributed by atoms with Gasteiger partial charge in [-0.3, -0.25) is 0 Å². The molecule has 1 rings (SSSR count). The van der Waals surface area contributed by atoms with E-state index in [2.05, 4.69) is 4.74 Å². The minimum atomic E-state index is -5.09. The van der Waals surface area contributed by atoms with Gasteiger partial charge in [0.15, 0.2) is 11.6 Å². The summed E-state index contributed by atoms with van der Waals surface area (Å²) in [6, 6.07) is 2.66. The maximum Gasteiger partial charge on any atom is 0.573 e. The predicted molar refractivity (Wildman–Crippen MR) is 42.9 cm³/mol. The first-order chi connectivity index (χ1) is 6.81. The smallest absolute Gasteiger partial charge is 0.423 e. The van der Waals surface area contributed by atoms with Gasteiger partial charge < -0.3 is 14.8 Å². The van der Waals surface area contributed by atoms with Crippen LogP contribution in [0.4, 0.5) is 17.6 Å². The van der Waals surface area contributed by atoms with E-state index in [4.69, 9.17) is 10.0 Å². The first-order valence-electron chi connectivity index (χ1n) is 3.71. The Kier molecular flexibility index (Phi) is 3.20. The summed E-state index contributed by atoms with van der Waals surface area (Å²) in [4.78, 5) is 0. The summed E-state index contributed by atoms with van der Waals surface area (Å²) in [7, 11) is -2.24. The number of hydrogen-bond donors (Lipinski definition) is 2. The molecule has 0 aliphatic heterocycles. The van der Waals surface area contributed by atoms with Crippen molar-refractivity contribution in [3.05, 3.63) is 24.0 Å². The van der Waals surface area contributed by atoms with E-state index in [1.54, 1.807) is 0 Å². The minimum absolute atomic E-state index is 0.688. The molecule has 0 unspecified atom stereocenters. The molecule has 0 aliphatic rings. The lowest BCUT2D eigenvalue weighted by molar-refractivity contribution is -0.275. The summed E-state index contributed by atoms with van der Waals surface area (Å²) in [5.41, 5.74) is -0.688. The van der Waals surface area contributed by atoms with Crippen LogP contribution in [0.15, 0.2) is 18.2 Å². The third kappa shape index (κ3) is 3.10. The maximum absolute atomic E-state index is 12.9. The zero-order chi connectivity index (χ0) is 11.6. The van der Waals surface area contributed by atoms with Gasteiger partial charge in [-0.1, -0.05) is 12.1 Å². The highest BCUT2D eigenvalue weighted by Gasteiger charge is 2.35. The molecule has 0 aliphatic carbocycles. The minimum Gasteiger partial charge on any atom is -0.423 e. The van der Waals surface area contributed by atoms with Gasteiger partial charge in [0.1, 0.15) is 0 Å². The van der Waals surface area contributed by atoms with Gasteiger partial charge in [0.05, 0.1) is 0 Å². The van der Waals surface area contributed by atoms with E-state index in [0.717, 1.165) is 12.1 Å². The summed E-state index contributed by atoms with van der Waals surface area (Å²) in [5.74, 6) is -2.56. The molecular formula is C7H5BF4O3. The maximum atomic E-state index is 12.9. The van der Waals surface area contributed by atoms with Gasteiger partial charge in [-0.05, 0) is 6.07 Å². The lowest BCUT2D eigenvalue weighted by atomic mass is 9.79. The molecule has 1 aromatic carbocycles. The second-order valence-corrected chi connectivity index (χ2v) is 2.58. The van der Waals surface area contributed by atoms with Crippen LogP contribution in [0.1, 0.15) is 0 Å². The Bertz CT molecular complexity index is 353. The summed E-state index contributed by atoms with van der Waals surface area (Å²) in [6.07, 6.45) is -5.09. The average molecular weight is 224 g/mol. The fourth-order valence-corrected chi connectivity index (χ4v) is 0.952. The molecule has 1 aromatic rings. The van der Waals surface area contributed by atoms with E-state index in [-0.39, 0.29) is 0 Å². The molecule has 0 amide bonds. The molecule has 0 spiro atoms. The zero-order valence-electron chi connectivity index (χ0n) is 7.12. The lowest BCUT2D eigenvalue weighted by Gasteiger charge is -2.13. The van der Waals surface area contributed by atoms with E-state index in [1.165, 1.54) is 0 Å². The van der Waals surface area contributed by atoms with Gasteiger partial charge >= 0.3 is 13.5 Å². The molecule has 0 saturated heterocycles. The van der Waals surface area contributed by atoms with Crippen LogP contribution in [0.5, 0.6) is 5.75 Å². The van der Waals surface area contributed by atoms with Crippen molar-refractivity contribution in [3.63, 3.8) is 0 Å². The lowest BCUT2D eigenvalue weighted by Crippen LogP contribution is -2.34. The van der Waals surface area contributed by atoms with Crippen LogP contribution >= 0.6 is 0 Å². The van der Waals surface area contributed by atoms with Gasteiger partial charge in [0.25, 0.3) is 0 Å². The van der Waals surface area contributed by atoms with Crippen LogP contribution in [0, 0.1) is 5.82 Å². The molecular weight excluding hydrogens is 219 g/mol. The fraction of sp³-hybridized carbons (Fsp3) is 0.143. The van der Waals surface area contributed by atoms with E-state index in [1.807, 2.05) is 0 Å². The Labute approximate surface area is 82.1 Å². The number of alkyl halides is 3. The Morgan fingerprint density at radius 1 is 1.20 bits per heavy atom. The summed E-state index contributed by atoms with van der Waals surface area (Å²) < 4.78 is 51.7. The number of benzene rings is 1. The Morgan fingerprint density at radius 2 is 1.80 bits per heavy atom. The Hall–Kier alpha value is -1.28. The monoisotopic (exact) mass is 224 g/mol. The predicted octanol–water partition coefficient (Wildman–Crippen LogP) is 0.404. The van der Waals surface area contributed by atoms with Gasteiger partial charge in [-0.2, -0.15) is 0 Å². The third-order valence-corrected chi connectivity index (χ3v) is 1.49. The number of ether oxygens (including phenoxy) is 1. The zero-order valence-corrected chi connectivity index (χ0v) is 7.12. The highest BCUT2D eigenvalue weighted by molar-refractivity contribution is 6.59. The molecule has 3 nitrogen and oxygen atoms in total. The first kappa shape index (κ1) is 11.8. The summed E-state index contributed by atoms with van der Waals surface area (Å²) >= 11 is 0. The van der Waals surface area contributed by atoms with Crippen LogP contribution in [0.25, 0.3) is 0 Å². The molecule has 0 radical (unpaired) electrons. The van der Waals surface area contributed by atoms with Crippen LogP contribution in [0.2, 0.25) is 0 Å². The van der Waals surface area contributed by atoms with Crippen molar-refractivity contribution in [2.24, 2.45) is 0 Å². The molecule has 0 saturated carbocycles. The largest absolute Gasteiger partial charge is 0.573 e. The molecule has 0 fully saturated rings. The highest BCUT2D eigenvalue weighted by Crippen LogP contribution is 2.23. The van der Waals surface area contributed by atoms with E-state index < -0.39 is 30.5 Å². The SMILES string of the molecule is OB(O)c1cccc(F)c1OC(F)(F)F. The molecule has 0 heterocycles. The molecule has 82 valence electrons. The van der Waals surface area contributed by atoms with Crippen molar-refractivity contribution in [3.8, 4) is 5.75 Å².